The van der Waals surface area contributed by atoms with Crippen LogP contribution in [0.3, 0.4) is 0 Å². The molecule has 512 valence electrons. The minimum Gasteiger partial charge on any atom is -0.496 e. The summed E-state index contributed by atoms with van der Waals surface area (Å²) in [4.78, 5) is 83.6. The average Bonchev–Trinajstić information content (AvgIpc) is 1.55. The molecule has 0 radical (unpaired) electrons. The van der Waals surface area contributed by atoms with E-state index in [4.69, 9.17) is 47.8 Å². The number of benzene rings is 2. The maximum atomic E-state index is 14.0. The summed E-state index contributed by atoms with van der Waals surface area (Å²) >= 11 is 0. The topological polar surface area (TPSA) is 331 Å². The summed E-state index contributed by atoms with van der Waals surface area (Å²) in [7, 11) is -3.99. The molecule has 3 aliphatic heterocycles. The fraction of sp³-hybridized carbons (Fsp3) is 0.576. The SMILES string of the molecule is C=CC1C[C@@]12N=C([C@@H]1C[C@@H](Oc3cc(OCC)nc4c(C)c(OC)ccc34)CN1C(=O)OC(C)(C)C)OC2=O.C=C[C@@H]1C[C@]1(NC(=O)[C@@H]1C[C@@H](Oc2cc(OCC)nc3c(C)c(OC)ccc23)CN1C(=O)OC(C)(C)C)C(=O)NS(=O)(=O)C1(C)CC1.CC1(S(N)(=O)=O)CC1. The largest absolute Gasteiger partial charge is 0.496 e. The number of aryl methyl sites for hydroxylation is 2. The highest BCUT2D eigenvalue weighted by molar-refractivity contribution is 7.91. The molecule has 8 atom stereocenters. The first-order valence-electron chi connectivity index (χ1n) is 31.5. The fourth-order valence-electron chi connectivity index (χ4n) is 11.5. The number of nitrogens with one attached hydrogen (secondary N) is 2. The van der Waals surface area contributed by atoms with Crippen molar-refractivity contribution in [1.82, 2.24) is 29.8 Å². The molecule has 6 fully saturated rings. The molecule has 4 aromatic rings. The minimum atomic E-state index is -3.95. The number of aromatic nitrogens is 2. The molecule has 2 saturated heterocycles. The van der Waals surface area contributed by atoms with E-state index in [9.17, 15) is 40.8 Å². The van der Waals surface area contributed by atoms with Gasteiger partial charge < -0.3 is 47.9 Å². The molecule has 28 heteroatoms. The number of nitrogens with zero attached hydrogens (tertiary/aromatic N) is 5. The molecule has 26 nitrogen and oxygen atoms in total. The smallest absolute Gasteiger partial charge is 0.411 e. The zero-order chi connectivity index (χ0) is 69.1. The lowest BCUT2D eigenvalue weighted by atomic mass is 10.1. The Labute approximate surface area is 549 Å². The Hall–Kier alpha value is -7.98. The Morgan fingerprint density at radius 3 is 1.61 bits per heavy atom. The maximum absolute atomic E-state index is 14.0. The number of carbonyl (C=O) groups excluding carboxylic acids is 5. The molecule has 0 bridgehead atoms. The summed E-state index contributed by atoms with van der Waals surface area (Å²) in [5, 5.41) is 9.11. The van der Waals surface area contributed by atoms with Gasteiger partial charge in [0.2, 0.25) is 43.6 Å². The lowest BCUT2D eigenvalue weighted by Gasteiger charge is -2.29. The number of fused-ring (bicyclic) bond motifs is 2. The first-order valence-corrected chi connectivity index (χ1v) is 34.5. The summed E-state index contributed by atoms with van der Waals surface area (Å²) in [5.74, 6) is 0.949. The second kappa shape index (κ2) is 26.0. The number of pyridine rings is 2. The molecule has 4 aliphatic carbocycles. The third-order valence-electron chi connectivity index (χ3n) is 17.9. The van der Waals surface area contributed by atoms with Gasteiger partial charge in [0.1, 0.15) is 64.0 Å². The third kappa shape index (κ3) is 14.6. The van der Waals surface area contributed by atoms with Gasteiger partial charge in [0, 0.05) is 58.7 Å². The third-order valence-corrected chi connectivity index (χ3v) is 21.8. The van der Waals surface area contributed by atoms with E-state index in [0.717, 1.165) is 29.4 Å². The van der Waals surface area contributed by atoms with Gasteiger partial charge in [-0.25, -0.2) is 51.3 Å². The van der Waals surface area contributed by atoms with Crippen LogP contribution < -0.4 is 43.6 Å². The second-order valence-corrected chi connectivity index (χ2v) is 31.6. The second-order valence-electron chi connectivity index (χ2n) is 27.3. The molecule has 94 heavy (non-hydrogen) atoms. The molecule has 11 rings (SSSR count). The molecule has 2 aromatic heterocycles. The van der Waals surface area contributed by atoms with E-state index in [1.807, 2.05) is 52.0 Å². The van der Waals surface area contributed by atoms with Crippen molar-refractivity contribution >= 4 is 77.7 Å². The molecule has 5 heterocycles. The van der Waals surface area contributed by atoms with Crippen molar-refractivity contribution in [3.8, 4) is 34.8 Å². The van der Waals surface area contributed by atoms with Crippen LogP contribution in [0.15, 0.2) is 66.7 Å². The Morgan fingerprint density at radius 1 is 0.713 bits per heavy atom. The number of rotatable bonds is 19. The van der Waals surface area contributed by atoms with Gasteiger partial charge in [-0.2, -0.15) is 0 Å². The highest BCUT2D eigenvalue weighted by Gasteiger charge is 2.66. The van der Waals surface area contributed by atoms with Crippen LogP contribution in [0.5, 0.6) is 34.8 Å². The number of nitrogens with two attached hydrogens (primary N) is 1. The Balaban J connectivity index is 0.000000200. The van der Waals surface area contributed by atoms with E-state index in [1.54, 1.807) is 87.8 Å². The number of ether oxygens (including phenoxy) is 9. The van der Waals surface area contributed by atoms with Gasteiger partial charge in [-0.15, -0.1) is 13.2 Å². The van der Waals surface area contributed by atoms with Crippen LogP contribution in [0.2, 0.25) is 0 Å². The van der Waals surface area contributed by atoms with Crippen LogP contribution in [-0.2, 0) is 48.6 Å². The number of primary sulfonamides is 1. The lowest BCUT2D eigenvalue weighted by Crippen LogP contribution is -2.57. The van der Waals surface area contributed by atoms with Gasteiger partial charge >= 0.3 is 18.2 Å². The number of likely N-dealkylation sites (tertiary alicyclic amines) is 2. The zero-order valence-electron chi connectivity index (χ0n) is 56.0. The number of hydrogen-bond acceptors (Lipinski definition) is 21. The number of sulfonamides is 2. The average molecular weight is 1350 g/mol. The van der Waals surface area contributed by atoms with E-state index in [1.165, 1.54) is 15.9 Å². The molecule has 4 N–H and O–H groups in total. The normalized spacial score (nSPS) is 25.2. The van der Waals surface area contributed by atoms with Gasteiger partial charge in [0.15, 0.2) is 5.54 Å². The Bertz CT molecular complexity index is 3950. The van der Waals surface area contributed by atoms with Crippen molar-refractivity contribution in [3.63, 3.8) is 0 Å². The zero-order valence-corrected chi connectivity index (χ0v) is 57.6. The standard InChI is InChI=1S/C33H44N4O9S.C29H35N3O7.C4H9NO2S/c1-9-20-17-33(20,29(39)36-47(41,42)32(7)13-14-32)35-28(38)23-15-21(18-37(23)30(40)46-31(4,5)6)45-25-16-26(44-10-2)34-27-19(3)24(43-8)12-11-22(25)27;1-8-17-14-29(17)26(33)38-25(31-29)20-12-18(15-32(20)27(34)39-28(4,5)6)37-22-13-23(36-9-2)30-24-16(3)21(35-7)11-10-19(22)24;1-4(2-3-4)8(5,6)7/h9,11-12,16,20-21,23H,1,10,13-15,17-18H2,2-8H3,(H,35,38)(H,36,39);8,10-11,13,17-18,20H,1,9,12,14-15H2,2-7H3;2-3H2,1H3,(H2,5,6,7)/t20-,21-,23+,33-;17?,18-,20+,29-;/m11./s1. The molecule has 7 aliphatic rings. The van der Waals surface area contributed by atoms with E-state index in [-0.39, 0.29) is 37.7 Å². The predicted octanol–water partition coefficient (Wildman–Crippen LogP) is 8.20. The highest BCUT2D eigenvalue weighted by Crippen LogP contribution is 2.53. The van der Waals surface area contributed by atoms with Gasteiger partial charge in [-0.3, -0.25) is 24.1 Å². The number of aliphatic imine (C=N–C) groups is 1. The molecule has 1 spiro atoms. The van der Waals surface area contributed by atoms with Crippen LogP contribution >= 0.6 is 0 Å². The van der Waals surface area contributed by atoms with Crippen LogP contribution in [0, 0.1) is 25.7 Å². The summed E-state index contributed by atoms with van der Waals surface area (Å²) in [6, 6.07) is 9.13. The molecule has 4 amide bonds. The number of cyclic esters (lactones) is 1. The maximum Gasteiger partial charge on any atom is 0.411 e. The van der Waals surface area contributed by atoms with Crippen LogP contribution in [0.4, 0.5) is 9.59 Å². The summed E-state index contributed by atoms with van der Waals surface area (Å²) < 4.78 is 99.7. The first-order chi connectivity index (χ1) is 43.9. The van der Waals surface area contributed by atoms with Crippen molar-refractivity contribution in [1.29, 1.82) is 0 Å². The van der Waals surface area contributed by atoms with Crippen molar-refractivity contribution in [2.75, 3.05) is 40.5 Å². The van der Waals surface area contributed by atoms with Crippen LogP contribution in [-0.4, -0.2) is 169 Å². The number of amides is 4. The van der Waals surface area contributed by atoms with Crippen molar-refractivity contribution < 1.29 is 83.4 Å². The Morgan fingerprint density at radius 2 is 1.19 bits per heavy atom. The highest BCUT2D eigenvalue weighted by atomic mass is 32.2. The number of hydrogen-bond donors (Lipinski definition) is 3. The predicted molar refractivity (Wildman–Crippen MR) is 349 cm³/mol. The molecule has 4 saturated carbocycles. The van der Waals surface area contributed by atoms with Crippen molar-refractivity contribution in [2.45, 2.75) is 191 Å². The van der Waals surface area contributed by atoms with Gasteiger partial charge in [0.25, 0.3) is 5.91 Å². The minimum absolute atomic E-state index is 0.00669. The van der Waals surface area contributed by atoms with Crippen LogP contribution in [0.25, 0.3) is 21.8 Å². The quantitative estimate of drug-likeness (QED) is 0.0452. The van der Waals surface area contributed by atoms with E-state index < -0.39 is 112 Å². The number of esters is 1. The van der Waals surface area contributed by atoms with Gasteiger partial charge in [-0.1, -0.05) is 12.2 Å². The fourth-order valence-corrected chi connectivity index (χ4v) is 13.5. The summed E-state index contributed by atoms with van der Waals surface area (Å²) in [6.45, 7) is 30.0. The number of methoxy groups -OCH3 is 2. The van der Waals surface area contributed by atoms with Crippen LogP contribution in [0.1, 0.15) is 132 Å². The molecule has 2 aromatic carbocycles. The molecular formula is C66H88N8O18S2. The van der Waals surface area contributed by atoms with Crippen molar-refractivity contribution in [3.05, 3.63) is 72.8 Å². The van der Waals surface area contributed by atoms with Crippen molar-refractivity contribution in [2.24, 2.45) is 22.0 Å². The molecular weight excluding hydrogens is 1260 g/mol. The summed E-state index contributed by atoms with van der Waals surface area (Å²) in [5.41, 5.74) is -1.01. The first kappa shape index (κ1) is 70.3. The van der Waals surface area contributed by atoms with E-state index in [0.29, 0.717) is 90.1 Å². The summed E-state index contributed by atoms with van der Waals surface area (Å²) in [6.07, 6.45) is 4.41. The van der Waals surface area contributed by atoms with Gasteiger partial charge in [-0.05, 0) is 146 Å². The van der Waals surface area contributed by atoms with Gasteiger partial charge in [0.05, 0.1) is 61.1 Å². The number of carbonyl (C=O) groups is 5. The Kier molecular flexibility index (Phi) is 19.4. The lowest BCUT2D eigenvalue weighted by molar-refractivity contribution is -0.136. The van der Waals surface area contributed by atoms with E-state index >= 15 is 0 Å². The van der Waals surface area contributed by atoms with E-state index in [2.05, 4.69) is 38.2 Å². The monoisotopic (exact) mass is 1340 g/mol. The molecule has 1 unspecified atom stereocenters.